The zero-order valence-corrected chi connectivity index (χ0v) is 13.0. The fourth-order valence-corrected chi connectivity index (χ4v) is 1.96. The molecule has 0 aliphatic heterocycles. The van der Waals surface area contributed by atoms with Gasteiger partial charge >= 0.3 is 6.09 Å². The van der Waals surface area contributed by atoms with Crippen molar-refractivity contribution >= 4 is 40.7 Å². The minimum atomic E-state index is -0.548. The van der Waals surface area contributed by atoms with E-state index < -0.39 is 11.7 Å². The Morgan fingerprint density at radius 1 is 1.39 bits per heavy atom. The van der Waals surface area contributed by atoms with Crippen molar-refractivity contribution in [3.05, 3.63) is 26.8 Å². The number of anilines is 1. The number of hydrogen-bond acceptors (Lipinski definition) is 3. The van der Waals surface area contributed by atoms with Gasteiger partial charge in [0.1, 0.15) is 11.9 Å². The number of carbonyl (C=O) groups is 2. The molecule has 98 valence electrons. The molecule has 1 aromatic carbocycles. The van der Waals surface area contributed by atoms with Crippen LogP contribution in [0.3, 0.4) is 0 Å². The van der Waals surface area contributed by atoms with E-state index in [9.17, 15) is 9.59 Å². The lowest BCUT2D eigenvalue weighted by molar-refractivity contribution is 0.0635. The molecular formula is C13H16INO3. The molecule has 0 spiro atoms. The van der Waals surface area contributed by atoms with E-state index in [-0.39, 0.29) is 0 Å². The number of amides is 1. The number of carbonyl (C=O) groups excluding carboxylic acids is 2. The van der Waals surface area contributed by atoms with Crippen LogP contribution < -0.4 is 5.32 Å². The third-order valence-electron chi connectivity index (χ3n) is 2.14. The van der Waals surface area contributed by atoms with Crippen LogP contribution in [0.1, 0.15) is 36.7 Å². The molecule has 1 rings (SSSR count). The number of nitrogens with one attached hydrogen (secondary N) is 1. The minimum Gasteiger partial charge on any atom is -0.444 e. The van der Waals surface area contributed by atoms with E-state index in [4.69, 9.17) is 4.74 Å². The van der Waals surface area contributed by atoms with Gasteiger partial charge in [-0.15, -0.1) is 0 Å². The molecule has 0 aliphatic carbocycles. The van der Waals surface area contributed by atoms with Crippen LogP contribution in [0.4, 0.5) is 10.5 Å². The molecule has 0 aromatic heterocycles. The number of benzene rings is 1. The lowest BCUT2D eigenvalue weighted by atomic mass is 10.1. The van der Waals surface area contributed by atoms with Crippen LogP contribution in [0.25, 0.3) is 0 Å². The summed E-state index contributed by atoms with van der Waals surface area (Å²) >= 11 is 2.12. The second-order valence-corrected chi connectivity index (χ2v) is 6.08. The SMILES string of the molecule is Cc1c(I)cc(C=O)cc1NC(=O)OC(C)(C)C. The Kier molecular flexibility index (Phi) is 4.72. The van der Waals surface area contributed by atoms with Crippen molar-refractivity contribution in [3.8, 4) is 0 Å². The second-order valence-electron chi connectivity index (χ2n) is 4.92. The summed E-state index contributed by atoms with van der Waals surface area (Å²) in [5.74, 6) is 0. The Bertz CT molecular complexity index is 478. The summed E-state index contributed by atoms with van der Waals surface area (Å²) in [6.45, 7) is 7.27. The molecule has 5 heteroatoms. The molecule has 0 radical (unpaired) electrons. The monoisotopic (exact) mass is 361 g/mol. The molecule has 0 heterocycles. The summed E-state index contributed by atoms with van der Waals surface area (Å²) < 4.78 is 6.09. The maximum atomic E-state index is 11.7. The third kappa shape index (κ3) is 4.29. The van der Waals surface area contributed by atoms with Gasteiger partial charge in [-0.2, -0.15) is 0 Å². The minimum absolute atomic E-state index is 0.524. The van der Waals surface area contributed by atoms with E-state index in [0.29, 0.717) is 11.3 Å². The van der Waals surface area contributed by atoms with E-state index in [0.717, 1.165) is 15.4 Å². The third-order valence-corrected chi connectivity index (χ3v) is 3.26. The van der Waals surface area contributed by atoms with Gasteiger partial charge < -0.3 is 4.74 Å². The van der Waals surface area contributed by atoms with Crippen LogP contribution in [-0.4, -0.2) is 18.0 Å². The number of rotatable bonds is 2. The van der Waals surface area contributed by atoms with Crippen molar-refractivity contribution in [3.63, 3.8) is 0 Å². The van der Waals surface area contributed by atoms with Gasteiger partial charge in [0.05, 0.1) is 0 Å². The molecule has 0 fully saturated rings. The first-order valence-electron chi connectivity index (χ1n) is 5.48. The number of halogens is 1. The topological polar surface area (TPSA) is 55.4 Å². The fourth-order valence-electron chi connectivity index (χ4n) is 1.31. The standard InChI is InChI=1S/C13H16INO3/c1-8-10(14)5-9(7-16)6-11(8)15-12(17)18-13(2,3)4/h5-7H,1-4H3,(H,15,17). The molecule has 0 bridgehead atoms. The Balaban J connectivity index is 2.94. The van der Waals surface area contributed by atoms with Crippen molar-refractivity contribution in [2.45, 2.75) is 33.3 Å². The largest absolute Gasteiger partial charge is 0.444 e. The highest BCUT2D eigenvalue weighted by Gasteiger charge is 2.17. The smallest absolute Gasteiger partial charge is 0.412 e. The summed E-state index contributed by atoms with van der Waals surface area (Å²) in [6, 6.07) is 3.40. The molecule has 1 aromatic rings. The van der Waals surface area contributed by atoms with Crippen molar-refractivity contribution in [1.82, 2.24) is 0 Å². The zero-order chi connectivity index (χ0) is 13.9. The summed E-state index contributed by atoms with van der Waals surface area (Å²) in [6.07, 6.45) is 0.228. The van der Waals surface area contributed by atoms with Gasteiger partial charge in [-0.3, -0.25) is 10.1 Å². The van der Waals surface area contributed by atoms with E-state index in [2.05, 4.69) is 27.9 Å². The Morgan fingerprint density at radius 3 is 2.50 bits per heavy atom. The highest BCUT2D eigenvalue weighted by atomic mass is 127. The van der Waals surface area contributed by atoms with Crippen molar-refractivity contribution in [1.29, 1.82) is 0 Å². The number of hydrogen-bond donors (Lipinski definition) is 1. The van der Waals surface area contributed by atoms with Gasteiger partial charge in [0, 0.05) is 14.8 Å². The average molecular weight is 361 g/mol. The Hall–Kier alpha value is -1.11. The molecule has 0 unspecified atom stereocenters. The Morgan fingerprint density at radius 2 is 2.00 bits per heavy atom. The molecular weight excluding hydrogens is 345 g/mol. The molecule has 0 atom stereocenters. The van der Waals surface area contributed by atoms with E-state index >= 15 is 0 Å². The first-order valence-corrected chi connectivity index (χ1v) is 6.56. The predicted octanol–water partition coefficient (Wildman–Crippen LogP) is 3.76. The fraction of sp³-hybridized carbons (Fsp3) is 0.385. The molecule has 0 saturated carbocycles. The highest BCUT2D eigenvalue weighted by Crippen LogP contribution is 2.23. The molecule has 0 aliphatic rings. The summed E-state index contributed by atoms with van der Waals surface area (Å²) in [7, 11) is 0. The van der Waals surface area contributed by atoms with E-state index in [1.807, 2.05) is 6.92 Å². The summed E-state index contributed by atoms with van der Waals surface area (Å²) in [5, 5.41) is 2.66. The van der Waals surface area contributed by atoms with Gasteiger partial charge in [-0.1, -0.05) is 0 Å². The van der Waals surface area contributed by atoms with Gasteiger partial charge in [-0.05, 0) is 68.0 Å². The number of aldehydes is 1. The zero-order valence-electron chi connectivity index (χ0n) is 10.8. The van der Waals surface area contributed by atoms with Gasteiger partial charge in [0.25, 0.3) is 0 Å². The van der Waals surface area contributed by atoms with Crippen LogP contribution in [0.2, 0.25) is 0 Å². The quantitative estimate of drug-likeness (QED) is 0.645. The molecule has 0 saturated heterocycles. The van der Waals surface area contributed by atoms with Gasteiger partial charge in [-0.25, -0.2) is 4.79 Å². The number of ether oxygens (including phenoxy) is 1. The average Bonchev–Trinajstić information content (AvgIpc) is 2.21. The van der Waals surface area contributed by atoms with Crippen LogP contribution >= 0.6 is 22.6 Å². The van der Waals surface area contributed by atoms with Crippen molar-refractivity contribution < 1.29 is 14.3 Å². The predicted molar refractivity (Wildman–Crippen MR) is 79.1 cm³/mol. The Labute approximate surface area is 120 Å². The van der Waals surface area contributed by atoms with Gasteiger partial charge in [0.15, 0.2) is 0 Å². The van der Waals surface area contributed by atoms with Crippen molar-refractivity contribution in [2.75, 3.05) is 5.32 Å². The van der Waals surface area contributed by atoms with Crippen LogP contribution in [-0.2, 0) is 4.74 Å². The molecule has 1 N–H and O–H groups in total. The summed E-state index contributed by atoms with van der Waals surface area (Å²) in [5.41, 5.74) is 1.48. The van der Waals surface area contributed by atoms with E-state index in [1.165, 1.54) is 0 Å². The lowest BCUT2D eigenvalue weighted by Gasteiger charge is -2.20. The lowest BCUT2D eigenvalue weighted by Crippen LogP contribution is -2.27. The molecule has 18 heavy (non-hydrogen) atoms. The van der Waals surface area contributed by atoms with Crippen LogP contribution in [0, 0.1) is 10.5 Å². The molecule has 1 amide bonds. The van der Waals surface area contributed by atoms with Crippen LogP contribution in [0.15, 0.2) is 12.1 Å². The maximum absolute atomic E-state index is 11.7. The van der Waals surface area contributed by atoms with Crippen molar-refractivity contribution in [2.24, 2.45) is 0 Å². The second kappa shape index (κ2) is 5.69. The maximum Gasteiger partial charge on any atom is 0.412 e. The normalized spacial score (nSPS) is 10.9. The van der Waals surface area contributed by atoms with E-state index in [1.54, 1.807) is 32.9 Å². The first-order chi connectivity index (χ1) is 8.23. The summed E-state index contributed by atoms with van der Waals surface area (Å²) in [4.78, 5) is 22.5. The molecule has 4 nitrogen and oxygen atoms in total. The van der Waals surface area contributed by atoms with Gasteiger partial charge in [0.2, 0.25) is 0 Å². The van der Waals surface area contributed by atoms with Crippen LogP contribution in [0.5, 0.6) is 0 Å². The first kappa shape index (κ1) is 14.9. The highest BCUT2D eigenvalue weighted by molar-refractivity contribution is 14.1.